The summed E-state index contributed by atoms with van der Waals surface area (Å²) in [6.45, 7) is 3.80. The van der Waals surface area contributed by atoms with Gasteiger partial charge in [-0.05, 0) is 13.3 Å². The van der Waals surface area contributed by atoms with Crippen molar-refractivity contribution in [3.05, 3.63) is 0 Å². The van der Waals surface area contributed by atoms with E-state index in [2.05, 4.69) is 6.92 Å². The van der Waals surface area contributed by atoms with Crippen molar-refractivity contribution in [3.63, 3.8) is 0 Å². The Bertz CT molecular complexity index is 284. The van der Waals surface area contributed by atoms with E-state index in [1.165, 1.54) is 51.4 Å². The van der Waals surface area contributed by atoms with Crippen molar-refractivity contribution in [3.8, 4) is 0 Å². The molecule has 1 atom stereocenters. The van der Waals surface area contributed by atoms with Crippen LogP contribution in [0, 0.1) is 0 Å². The Labute approximate surface area is 143 Å². The first-order valence-electron chi connectivity index (χ1n) is 7.44. The Morgan fingerprint density at radius 3 is 1.63 bits per heavy atom. The van der Waals surface area contributed by atoms with Crippen molar-refractivity contribution in [2.24, 2.45) is 0 Å². The summed E-state index contributed by atoms with van der Waals surface area (Å²) in [5.74, 6) is 0. The Morgan fingerprint density at radius 2 is 1.26 bits per heavy atom. The average molecular weight is 302 g/mol. The summed E-state index contributed by atoms with van der Waals surface area (Å²) in [5, 5.41) is -0.605. The molecular weight excluding hydrogens is 271 g/mol. The molecule has 0 aromatic heterocycles. The molecule has 0 amide bonds. The molecule has 0 radical (unpaired) electrons. The number of hydrogen-bond acceptors (Lipinski definition) is 2. The van der Waals surface area contributed by atoms with Crippen LogP contribution in [0.25, 0.3) is 0 Å². The molecule has 112 valence electrons. The summed E-state index contributed by atoms with van der Waals surface area (Å²) in [4.78, 5) is 0. The molecular formula is C14H31NaO3S. The summed E-state index contributed by atoms with van der Waals surface area (Å²) < 4.78 is 30.4. The van der Waals surface area contributed by atoms with Crippen molar-refractivity contribution in [2.75, 3.05) is 0 Å². The summed E-state index contributed by atoms with van der Waals surface area (Å²) >= 11 is 0. The Kier molecular flexibility index (Phi) is 16.2. The van der Waals surface area contributed by atoms with Gasteiger partial charge in [-0.15, -0.1) is 0 Å². The molecule has 0 spiro atoms. The van der Waals surface area contributed by atoms with E-state index in [1.54, 1.807) is 6.92 Å². The predicted octanol–water partition coefficient (Wildman–Crippen LogP) is 1.69. The third-order valence-corrected chi connectivity index (χ3v) is 4.73. The molecule has 0 heterocycles. The van der Waals surface area contributed by atoms with E-state index in [-0.39, 0.29) is 31.0 Å². The SMILES string of the molecule is CCCCCCCCCCCCC(C)S(=O)(=O)O.[H-].[Na+]. The summed E-state index contributed by atoms with van der Waals surface area (Å²) in [6.07, 6.45) is 13.0. The average Bonchev–Trinajstić information content (AvgIpc) is 2.30. The van der Waals surface area contributed by atoms with Crippen molar-refractivity contribution < 1.29 is 44.0 Å². The van der Waals surface area contributed by atoms with E-state index in [0.29, 0.717) is 6.42 Å². The minimum absolute atomic E-state index is 0. The summed E-state index contributed by atoms with van der Waals surface area (Å²) in [5.41, 5.74) is 0. The molecule has 0 aliphatic carbocycles. The molecule has 0 rings (SSSR count). The van der Waals surface area contributed by atoms with Crippen LogP contribution in [0.15, 0.2) is 0 Å². The van der Waals surface area contributed by atoms with Gasteiger partial charge in [-0.1, -0.05) is 71.1 Å². The van der Waals surface area contributed by atoms with Crippen LogP contribution in [0.2, 0.25) is 0 Å². The monoisotopic (exact) mass is 302 g/mol. The van der Waals surface area contributed by atoms with E-state index >= 15 is 0 Å². The first-order valence-corrected chi connectivity index (χ1v) is 8.95. The molecule has 1 N–H and O–H groups in total. The zero-order valence-electron chi connectivity index (χ0n) is 14.0. The second kappa shape index (κ2) is 13.9. The fourth-order valence-corrected chi connectivity index (χ4v) is 2.53. The number of hydrogen-bond donors (Lipinski definition) is 1. The predicted molar refractivity (Wildman–Crippen MR) is 78.6 cm³/mol. The van der Waals surface area contributed by atoms with Gasteiger partial charge in [-0.3, -0.25) is 4.55 Å². The van der Waals surface area contributed by atoms with Crippen LogP contribution in [0.4, 0.5) is 0 Å². The third-order valence-electron chi connectivity index (χ3n) is 3.47. The van der Waals surface area contributed by atoms with Crippen LogP contribution in [0.1, 0.15) is 85.9 Å². The minimum Gasteiger partial charge on any atom is -1.00 e. The smallest absolute Gasteiger partial charge is 1.00 e. The molecule has 0 fully saturated rings. The topological polar surface area (TPSA) is 54.4 Å². The van der Waals surface area contributed by atoms with Gasteiger partial charge < -0.3 is 1.43 Å². The van der Waals surface area contributed by atoms with E-state index < -0.39 is 15.4 Å². The Hall–Kier alpha value is 0.910. The fraction of sp³-hybridized carbons (Fsp3) is 1.00. The Morgan fingerprint density at radius 1 is 0.895 bits per heavy atom. The van der Waals surface area contributed by atoms with Gasteiger partial charge in [0.05, 0.1) is 5.25 Å². The van der Waals surface area contributed by atoms with E-state index in [0.717, 1.165) is 12.8 Å². The molecule has 0 saturated carbocycles. The molecule has 0 aromatic rings. The van der Waals surface area contributed by atoms with Gasteiger partial charge in [0.15, 0.2) is 0 Å². The zero-order valence-corrected chi connectivity index (χ0v) is 15.8. The maximum Gasteiger partial charge on any atom is 1.00 e. The number of unbranched alkanes of at least 4 members (excludes halogenated alkanes) is 9. The van der Waals surface area contributed by atoms with Crippen LogP contribution >= 0.6 is 0 Å². The van der Waals surface area contributed by atoms with Crippen LogP contribution in [-0.2, 0) is 10.1 Å². The van der Waals surface area contributed by atoms with E-state index in [4.69, 9.17) is 4.55 Å². The first kappa shape index (κ1) is 22.2. The van der Waals surface area contributed by atoms with Gasteiger partial charge in [-0.25, -0.2) is 0 Å². The molecule has 1 unspecified atom stereocenters. The molecule has 0 aromatic carbocycles. The summed E-state index contributed by atoms with van der Waals surface area (Å²) in [7, 11) is -3.81. The summed E-state index contributed by atoms with van der Waals surface area (Å²) in [6, 6.07) is 0. The maximum absolute atomic E-state index is 10.8. The molecule has 3 nitrogen and oxygen atoms in total. The normalized spacial score (nSPS) is 13.0. The first-order chi connectivity index (χ1) is 8.48. The molecule has 19 heavy (non-hydrogen) atoms. The Balaban J connectivity index is -0.00000144. The van der Waals surface area contributed by atoms with Crippen LogP contribution in [0.5, 0.6) is 0 Å². The van der Waals surface area contributed by atoms with Gasteiger partial charge in [0.1, 0.15) is 0 Å². The van der Waals surface area contributed by atoms with Crippen molar-refractivity contribution in [1.82, 2.24) is 0 Å². The van der Waals surface area contributed by atoms with Crippen molar-refractivity contribution in [2.45, 2.75) is 89.7 Å². The molecule has 5 heteroatoms. The van der Waals surface area contributed by atoms with Crippen LogP contribution < -0.4 is 29.6 Å². The van der Waals surface area contributed by atoms with Crippen molar-refractivity contribution >= 4 is 10.1 Å². The second-order valence-corrected chi connectivity index (χ2v) is 7.13. The molecule has 0 aliphatic rings. The second-order valence-electron chi connectivity index (χ2n) is 5.30. The minimum atomic E-state index is -3.81. The van der Waals surface area contributed by atoms with Crippen LogP contribution in [0.3, 0.4) is 0 Å². The molecule has 0 bridgehead atoms. The molecule has 0 saturated heterocycles. The van der Waals surface area contributed by atoms with Gasteiger partial charge >= 0.3 is 29.6 Å². The quantitative estimate of drug-likeness (QED) is 0.339. The molecule has 0 aliphatic heterocycles. The van der Waals surface area contributed by atoms with Gasteiger partial charge in [0.2, 0.25) is 0 Å². The van der Waals surface area contributed by atoms with Crippen LogP contribution in [-0.4, -0.2) is 18.2 Å². The fourth-order valence-electron chi connectivity index (χ4n) is 2.07. The maximum atomic E-state index is 10.8. The van der Waals surface area contributed by atoms with Gasteiger partial charge in [-0.2, -0.15) is 8.42 Å². The van der Waals surface area contributed by atoms with E-state index in [1.807, 2.05) is 0 Å². The van der Waals surface area contributed by atoms with Crippen molar-refractivity contribution in [1.29, 1.82) is 0 Å². The van der Waals surface area contributed by atoms with Gasteiger partial charge in [0.25, 0.3) is 10.1 Å². The zero-order chi connectivity index (χ0) is 13.9. The largest absolute Gasteiger partial charge is 1.00 e. The van der Waals surface area contributed by atoms with Gasteiger partial charge in [0, 0.05) is 0 Å². The third kappa shape index (κ3) is 15.1. The van der Waals surface area contributed by atoms with E-state index in [9.17, 15) is 8.42 Å². The standard InChI is InChI=1S/C14H30O3S.Na.H/c1-3-4-5-6-7-8-9-10-11-12-13-14(2)18(15,16)17;;/h14H,3-13H2,1-2H3,(H,15,16,17);;/q;+1;-1. The number of rotatable bonds is 12.